The number of hydrogen-bond donors (Lipinski definition) is 0. The van der Waals surface area contributed by atoms with Gasteiger partial charge in [0.25, 0.3) is 0 Å². The molecule has 0 amide bonds. The maximum Gasteiger partial charge on any atom is 0.0922 e. The lowest BCUT2D eigenvalue weighted by Gasteiger charge is -1.99. The molecule has 1 heteroatoms. The van der Waals surface area contributed by atoms with Crippen LogP contribution in [0.25, 0.3) is 0 Å². The number of hydrogen-bond acceptors (Lipinski definition) is 0. The van der Waals surface area contributed by atoms with Gasteiger partial charge in [-0.3, -0.25) is 4.39 Å². The summed E-state index contributed by atoms with van der Waals surface area (Å²) >= 11 is 0. The third-order valence-corrected chi connectivity index (χ3v) is 2.02. The van der Waals surface area contributed by atoms with Crippen molar-refractivity contribution < 1.29 is 4.39 Å². The van der Waals surface area contributed by atoms with Crippen molar-refractivity contribution in [2.75, 3.05) is 6.67 Å². The molecule has 1 aliphatic carbocycles. The highest BCUT2D eigenvalue weighted by Gasteiger charge is 2.20. The Hall–Kier alpha value is -0.0700. The molecule has 0 aromatic carbocycles. The second kappa shape index (κ2) is 2.47. The van der Waals surface area contributed by atoms with Crippen LogP contribution < -0.4 is 0 Å². The van der Waals surface area contributed by atoms with Crippen LogP contribution in [-0.4, -0.2) is 6.67 Å². The lowest BCUT2D eigenvalue weighted by Crippen LogP contribution is -1.94. The molecular formula is C7H13F. The molecule has 8 heavy (non-hydrogen) atoms. The second-order valence-corrected chi connectivity index (χ2v) is 2.94. The Labute approximate surface area is 50.1 Å². The summed E-state index contributed by atoms with van der Waals surface area (Å²) in [5, 5.41) is 0. The summed E-state index contributed by atoms with van der Waals surface area (Å²) in [6.45, 7) is 2.11. The van der Waals surface area contributed by atoms with Crippen molar-refractivity contribution in [1.82, 2.24) is 0 Å². The Morgan fingerprint density at radius 2 is 2.25 bits per heavy atom. The van der Waals surface area contributed by atoms with Crippen LogP contribution in [0, 0.1) is 11.8 Å². The predicted octanol–water partition coefficient (Wildman–Crippen LogP) is 2.39. The Morgan fingerprint density at radius 1 is 1.50 bits per heavy atom. The molecule has 0 spiro atoms. The van der Waals surface area contributed by atoms with Crippen molar-refractivity contribution in [3.63, 3.8) is 0 Å². The van der Waals surface area contributed by atoms with Crippen molar-refractivity contribution in [1.29, 1.82) is 0 Å². The molecule has 0 saturated heterocycles. The summed E-state index contributed by atoms with van der Waals surface area (Å²) in [5.74, 6) is 1.20. The summed E-state index contributed by atoms with van der Waals surface area (Å²) in [5.41, 5.74) is 0. The van der Waals surface area contributed by atoms with Gasteiger partial charge in [0.15, 0.2) is 0 Å². The van der Waals surface area contributed by atoms with Gasteiger partial charge in [-0.15, -0.1) is 0 Å². The van der Waals surface area contributed by atoms with Crippen LogP contribution in [0.4, 0.5) is 4.39 Å². The van der Waals surface area contributed by atoms with Crippen LogP contribution in [0.3, 0.4) is 0 Å². The van der Waals surface area contributed by atoms with Crippen molar-refractivity contribution in [2.24, 2.45) is 11.8 Å². The van der Waals surface area contributed by atoms with E-state index in [4.69, 9.17) is 0 Å². The van der Waals surface area contributed by atoms with Gasteiger partial charge in [-0.2, -0.15) is 0 Å². The number of rotatable bonds is 1. The molecule has 0 aromatic heterocycles. The molecule has 0 aromatic rings. The summed E-state index contributed by atoms with van der Waals surface area (Å²) in [6, 6.07) is 0. The van der Waals surface area contributed by atoms with Crippen molar-refractivity contribution in [2.45, 2.75) is 26.2 Å². The zero-order valence-electron chi connectivity index (χ0n) is 5.36. The van der Waals surface area contributed by atoms with E-state index in [1.54, 1.807) is 0 Å². The number of halogens is 1. The van der Waals surface area contributed by atoms with Crippen LogP contribution in [0.15, 0.2) is 0 Å². The van der Waals surface area contributed by atoms with Crippen molar-refractivity contribution in [3.05, 3.63) is 0 Å². The minimum absolute atomic E-state index is 0.0929. The topological polar surface area (TPSA) is 0 Å². The minimum Gasteiger partial charge on any atom is -0.251 e. The fourth-order valence-electron chi connectivity index (χ4n) is 1.47. The lowest BCUT2D eigenvalue weighted by atomic mass is 10.1. The van der Waals surface area contributed by atoms with E-state index in [1.165, 1.54) is 6.42 Å². The average Bonchev–Trinajstić information content (AvgIpc) is 2.14. The Balaban J connectivity index is 2.22. The molecule has 0 heterocycles. The van der Waals surface area contributed by atoms with Gasteiger partial charge in [0, 0.05) is 0 Å². The first-order chi connectivity index (χ1) is 3.83. The fraction of sp³-hybridized carbons (Fsp3) is 1.00. The molecular weight excluding hydrogens is 103 g/mol. The van der Waals surface area contributed by atoms with E-state index in [0.29, 0.717) is 5.92 Å². The molecule has 0 bridgehead atoms. The zero-order chi connectivity index (χ0) is 5.98. The van der Waals surface area contributed by atoms with E-state index >= 15 is 0 Å². The zero-order valence-corrected chi connectivity index (χ0v) is 5.36. The summed E-state index contributed by atoms with van der Waals surface area (Å²) in [4.78, 5) is 0. The standard InChI is InChI=1S/C7H13F/c1-6-2-3-7(4-6)5-8/h6-7H,2-5H2,1H3. The Kier molecular flexibility index (Phi) is 1.87. The monoisotopic (exact) mass is 116 g/mol. The average molecular weight is 116 g/mol. The maximum atomic E-state index is 11.9. The maximum absolute atomic E-state index is 11.9. The molecule has 1 saturated carbocycles. The summed E-state index contributed by atoms with van der Waals surface area (Å²) < 4.78 is 11.9. The third kappa shape index (κ3) is 1.21. The SMILES string of the molecule is CC1CCC(CF)C1. The lowest BCUT2D eigenvalue weighted by molar-refractivity contribution is 0.360. The minimum atomic E-state index is -0.0929. The second-order valence-electron chi connectivity index (χ2n) is 2.94. The van der Waals surface area contributed by atoms with E-state index in [2.05, 4.69) is 6.92 Å². The molecule has 2 unspecified atom stereocenters. The molecule has 48 valence electrons. The van der Waals surface area contributed by atoms with Gasteiger partial charge in [0.05, 0.1) is 6.67 Å². The Bertz CT molecular complexity index is 70.8. The highest BCUT2D eigenvalue weighted by Crippen LogP contribution is 2.30. The van der Waals surface area contributed by atoms with Gasteiger partial charge >= 0.3 is 0 Å². The van der Waals surface area contributed by atoms with Crippen LogP contribution in [0.5, 0.6) is 0 Å². The van der Waals surface area contributed by atoms with E-state index < -0.39 is 0 Å². The molecule has 0 aliphatic heterocycles. The molecule has 1 fully saturated rings. The summed E-state index contributed by atoms with van der Waals surface area (Å²) in [7, 11) is 0. The van der Waals surface area contributed by atoms with Gasteiger partial charge in [-0.1, -0.05) is 13.3 Å². The first-order valence-corrected chi connectivity index (χ1v) is 3.39. The van der Waals surface area contributed by atoms with Crippen LogP contribution >= 0.6 is 0 Å². The van der Waals surface area contributed by atoms with E-state index in [0.717, 1.165) is 18.8 Å². The molecule has 2 atom stereocenters. The molecule has 1 rings (SSSR count). The van der Waals surface area contributed by atoms with Gasteiger partial charge in [-0.25, -0.2) is 0 Å². The number of alkyl halides is 1. The molecule has 1 aliphatic rings. The molecule has 0 nitrogen and oxygen atoms in total. The van der Waals surface area contributed by atoms with Gasteiger partial charge in [0.2, 0.25) is 0 Å². The molecule has 0 radical (unpaired) electrons. The van der Waals surface area contributed by atoms with Crippen molar-refractivity contribution in [3.8, 4) is 0 Å². The van der Waals surface area contributed by atoms with Gasteiger partial charge in [-0.05, 0) is 24.7 Å². The van der Waals surface area contributed by atoms with Crippen LogP contribution in [-0.2, 0) is 0 Å². The first kappa shape index (κ1) is 6.06. The van der Waals surface area contributed by atoms with Crippen LogP contribution in [0.1, 0.15) is 26.2 Å². The van der Waals surface area contributed by atoms with Crippen molar-refractivity contribution >= 4 is 0 Å². The third-order valence-electron chi connectivity index (χ3n) is 2.02. The van der Waals surface area contributed by atoms with Crippen LogP contribution in [0.2, 0.25) is 0 Å². The highest BCUT2D eigenvalue weighted by molar-refractivity contribution is 4.71. The van der Waals surface area contributed by atoms with E-state index in [9.17, 15) is 4.39 Å². The highest BCUT2D eigenvalue weighted by atomic mass is 19.1. The van der Waals surface area contributed by atoms with Gasteiger partial charge in [0.1, 0.15) is 0 Å². The van der Waals surface area contributed by atoms with E-state index in [1.807, 2.05) is 0 Å². The smallest absolute Gasteiger partial charge is 0.0922 e. The van der Waals surface area contributed by atoms with E-state index in [-0.39, 0.29) is 6.67 Å². The normalized spacial score (nSPS) is 38.2. The fourth-order valence-corrected chi connectivity index (χ4v) is 1.47. The summed E-state index contributed by atoms with van der Waals surface area (Å²) in [6.07, 6.45) is 3.49. The van der Waals surface area contributed by atoms with Gasteiger partial charge < -0.3 is 0 Å². The predicted molar refractivity (Wildman–Crippen MR) is 32.5 cm³/mol. The first-order valence-electron chi connectivity index (χ1n) is 3.39. The largest absolute Gasteiger partial charge is 0.251 e. The quantitative estimate of drug-likeness (QED) is 0.493. The Morgan fingerprint density at radius 3 is 2.50 bits per heavy atom. The molecule has 0 N–H and O–H groups in total.